The molecule has 9 heteroatoms. The Bertz CT molecular complexity index is 1770. The van der Waals surface area contributed by atoms with E-state index >= 15 is 0 Å². The minimum absolute atomic E-state index is 0.176. The Labute approximate surface area is 235 Å². The second-order valence-corrected chi connectivity index (χ2v) is 9.80. The number of aromatic nitrogens is 1. The van der Waals surface area contributed by atoms with Crippen LogP contribution < -0.4 is 29.1 Å². The third kappa shape index (κ3) is 4.91. The zero-order valence-corrected chi connectivity index (χ0v) is 23.4. The fraction of sp³-hybridized carbons (Fsp3) is 0.194. The van der Waals surface area contributed by atoms with Crippen LogP contribution in [0.1, 0.15) is 29.7 Å². The Kier molecular flexibility index (Phi) is 7.84. The van der Waals surface area contributed by atoms with Gasteiger partial charge in [-0.3, -0.25) is 9.36 Å². The Balaban J connectivity index is 1.84. The molecule has 1 aliphatic rings. The van der Waals surface area contributed by atoms with E-state index in [2.05, 4.69) is 0 Å². The first-order chi connectivity index (χ1) is 19.5. The van der Waals surface area contributed by atoms with E-state index in [1.54, 1.807) is 45.0 Å². The van der Waals surface area contributed by atoms with Crippen LogP contribution in [0.25, 0.3) is 11.8 Å². The topological polar surface area (TPSA) is 88.4 Å². The van der Waals surface area contributed by atoms with Crippen LogP contribution in [0.5, 0.6) is 17.2 Å². The van der Waals surface area contributed by atoms with Gasteiger partial charge in [0.2, 0.25) is 0 Å². The van der Waals surface area contributed by atoms with Crippen molar-refractivity contribution in [2.75, 3.05) is 27.9 Å². The highest BCUT2D eigenvalue weighted by atomic mass is 32.1. The lowest BCUT2D eigenvalue weighted by atomic mass is 9.93. The van der Waals surface area contributed by atoms with Crippen molar-refractivity contribution < 1.29 is 23.7 Å². The summed E-state index contributed by atoms with van der Waals surface area (Å²) in [6.45, 7) is 1.92. The summed E-state index contributed by atoms with van der Waals surface area (Å²) in [5.74, 6) is 1.12. The molecule has 1 unspecified atom stereocenters. The van der Waals surface area contributed by atoms with E-state index in [0.29, 0.717) is 43.4 Å². The molecule has 0 radical (unpaired) electrons. The van der Waals surface area contributed by atoms with Crippen LogP contribution in [-0.2, 0) is 9.53 Å². The first-order valence-corrected chi connectivity index (χ1v) is 13.5. The number of fused-ring (bicyclic) bond motifs is 1. The molecule has 0 aliphatic carbocycles. The van der Waals surface area contributed by atoms with Crippen molar-refractivity contribution in [3.8, 4) is 17.2 Å². The number of hydrogen-bond donors (Lipinski definition) is 0. The van der Waals surface area contributed by atoms with Crippen LogP contribution in [0.3, 0.4) is 0 Å². The van der Waals surface area contributed by atoms with Gasteiger partial charge in [0, 0.05) is 11.1 Å². The number of rotatable bonds is 8. The molecule has 4 aromatic rings. The summed E-state index contributed by atoms with van der Waals surface area (Å²) < 4.78 is 24.0. The van der Waals surface area contributed by atoms with Crippen LogP contribution in [0.15, 0.2) is 88.2 Å². The van der Waals surface area contributed by atoms with Gasteiger partial charge in [0.25, 0.3) is 5.56 Å². The van der Waals surface area contributed by atoms with Gasteiger partial charge in [0.1, 0.15) is 5.75 Å². The summed E-state index contributed by atoms with van der Waals surface area (Å²) in [7, 11) is 4.69. The van der Waals surface area contributed by atoms with Crippen molar-refractivity contribution in [2.24, 2.45) is 4.99 Å². The third-order valence-electron chi connectivity index (χ3n) is 6.50. The normalized spacial score (nSPS) is 14.8. The van der Waals surface area contributed by atoms with Crippen molar-refractivity contribution in [1.29, 1.82) is 0 Å². The van der Waals surface area contributed by atoms with E-state index in [-0.39, 0.29) is 17.7 Å². The van der Waals surface area contributed by atoms with E-state index < -0.39 is 12.0 Å². The molecule has 40 heavy (non-hydrogen) atoms. The van der Waals surface area contributed by atoms with Gasteiger partial charge in [-0.2, -0.15) is 0 Å². The molecule has 0 N–H and O–H groups in total. The molecule has 1 aromatic heterocycles. The highest BCUT2D eigenvalue weighted by Gasteiger charge is 2.35. The molecule has 2 heterocycles. The number of hydrogen-bond acceptors (Lipinski definition) is 8. The molecule has 3 aromatic carbocycles. The number of nitrogens with zero attached hydrogens (tertiary/aromatic N) is 2. The maximum Gasteiger partial charge on any atom is 0.338 e. The number of para-hydroxylation sites is 1. The number of benzene rings is 3. The maximum atomic E-state index is 14.1. The summed E-state index contributed by atoms with van der Waals surface area (Å²) >= 11 is 1.24. The second kappa shape index (κ2) is 11.6. The predicted octanol–water partition coefficient (Wildman–Crippen LogP) is 3.96. The van der Waals surface area contributed by atoms with Gasteiger partial charge in [-0.15, -0.1) is 0 Å². The van der Waals surface area contributed by atoms with Gasteiger partial charge in [-0.1, -0.05) is 65.9 Å². The van der Waals surface area contributed by atoms with Crippen LogP contribution >= 0.6 is 11.3 Å². The molecule has 0 spiro atoms. The minimum Gasteiger partial charge on any atom is -0.497 e. The smallest absolute Gasteiger partial charge is 0.338 e. The third-order valence-corrected chi connectivity index (χ3v) is 7.49. The maximum absolute atomic E-state index is 14.1. The molecule has 8 nitrogen and oxygen atoms in total. The number of methoxy groups -OCH3 is 3. The van der Waals surface area contributed by atoms with Crippen LogP contribution in [0, 0.1) is 0 Å². The summed E-state index contributed by atoms with van der Waals surface area (Å²) in [6.07, 6.45) is 1.75. The van der Waals surface area contributed by atoms with Gasteiger partial charge in [-0.25, -0.2) is 9.79 Å². The molecule has 1 atom stereocenters. The molecule has 0 fully saturated rings. The Hall–Kier alpha value is -4.63. The standard InChI is InChI=1S/C31H28N2O6S/c1-5-39-30(35)25-26(19-11-7-6-8-12-19)32-31-33(27(25)20-13-9-15-22(17-20)36-2)29(34)24(40-31)18-21-14-10-16-23(37-3)28(21)38-4/h6-18,27H,5H2,1-4H3. The van der Waals surface area contributed by atoms with Crippen LogP contribution in [0.2, 0.25) is 0 Å². The lowest BCUT2D eigenvalue weighted by Gasteiger charge is -2.26. The summed E-state index contributed by atoms with van der Waals surface area (Å²) in [6, 6.07) is 21.4. The highest BCUT2D eigenvalue weighted by Crippen LogP contribution is 2.36. The summed E-state index contributed by atoms with van der Waals surface area (Å²) in [5, 5.41) is 0. The van der Waals surface area contributed by atoms with Gasteiger partial charge in [0.05, 0.1) is 49.8 Å². The average molecular weight is 557 g/mol. The lowest BCUT2D eigenvalue weighted by molar-refractivity contribution is -0.138. The largest absolute Gasteiger partial charge is 0.497 e. The zero-order valence-electron chi connectivity index (χ0n) is 22.5. The average Bonchev–Trinajstić information content (AvgIpc) is 3.30. The molecule has 0 saturated heterocycles. The summed E-state index contributed by atoms with van der Waals surface area (Å²) in [5.41, 5.74) is 2.55. The first-order valence-electron chi connectivity index (χ1n) is 12.6. The first kappa shape index (κ1) is 27.0. The lowest BCUT2D eigenvalue weighted by Crippen LogP contribution is -2.40. The van der Waals surface area contributed by atoms with Crippen molar-refractivity contribution in [1.82, 2.24) is 4.57 Å². The fourth-order valence-electron chi connectivity index (χ4n) is 4.73. The summed E-state index contributed by atoms with van der Waals surface area (Å²) in [4.78, 5) is 33.0. The van der Waals surface area contributed by atoms with Gasteiger partial charge in [0.15, 0.2) is 16.3 Å². The monoisotopic (exact) mass is 556 g/mol. The van der Waals surface area contributed by atoms with E-state index in [9.17, 15) is 9.59 Å². The molecule has 0 amide bonds. The fourth-order valence-corrected chi connectivity index (χ4v) is 5.73. The van der Waals surface area contributed by atoms with E-state index in [0.717, 1.165) is 5.56 Å². The van der Waals surface area contributed by atoms with Gasteiger partial charge in [-0.05, 0) is 36.8 Å². The second-order valence-electron chi connectivity index (χ2n) is 8.79. The Morgan fingerprint density at radius 2 is 1.75 bits per heavy atom. The van der Waals surface area contributed by atoms with E-state index in [1.165, 1.54) is 11.3 Å². The zero-order chi connectivity index (χ0) is 28.2. The molecule has 0 saturated carbocycles. The Morgan fingerprint density at radius 1 is 0.975 bits per heavy atom. The van der Waals surface area contributed by atoms with E-state index in [4.69, 9.17) is 23.9 Å². The van der Waals surface area contributed by atoms with Crippen LogP contribution in [-0.4, -0.2) is 38.5 Å². The van der Waals surface area contributed by atoms with Crippen molar-refractivity contribution in [2.45, 2.75) is 13.0 Å². The van der Waals surface area contributed by atoms with Gasteiger partial charge >= 0.3 is 5.97 Å². The molecule has 0 bridgehead atoms. The minimum atomic E-state index is -0.796. The highest BCUT2D eigenvalue weighted by molar-refractivity contribution is 7.07. The quantitative estimate of drug-likeness (QED) is 0.306. The van der Waals surface area contributed by atoms with Crippen molar-refractivity contribution >= 4 is 29.1 Å². The number of esters is 1. The molecular weight excluding hydrogens is 528 g/mol. The predicted molar refractivity (Wildman–Crippen MR) is 154 cm³/mol. The van der Waals surface area contributed by atoms with E-state index in [1.807, 2.05) is 66.7 Å². The Morgan fingerprint density at radius 3 is 2.45 bits per heavy atom. The number of thiazole rings is 1. The molecule has 5 rings (SSSR count). The van der Waals surface area contributed by atoms with Crippen LogP contribution in [0.4, 0.5) is 0 Å². The molecule has 204 valence electrons. The van der Waals surface area contributed by atoms with Crippen molar-refractivity contribution in [3.05, 3.63) is 115 Å². The van der Waals surface area contributed by atoms with Crippen molar-refractivity contribution in [3.63, 3.8) is 0 Å². The van der Waals surface area contributed by atoms with Gasteiger partial charge < -0.3 is 18.9 Å². The SMILES string of the molecule is CCOC(=O)C1=C(c2ccccc2)N=c2sc(=Cc3cccc(OC)c3OC)c(=O)n2C1c1cccc(OC)c1. The number of carbonyl (C=O) groups excluding carboxylic acids is 1. The number of ether oxygens (including phenoxy) is 4. The molecule has 1 aliphatic heterocycles. The number of carbonyl (C=O) groups is 1. The molecular formula is C31H28N2O6S.